The third-order valence-electron chi connectivity index (χ3n) is 6.16. The van der Waals surface area contributed by atoms with Crippen LogP contribution in [0, 0.1) is 0 Å². The van der Waals surface area contributed by atoms with Gasteiger partial charge in [0.2, 0.25) is 6.10 Å². The van der Waals surface area contributed by atoms with Crippen LogP contribution in [0.2, 0.25) is 0 Å². The monoisotopic (exact) mass is 485 g/mol. The number of rotatable bonds is 5. The molecule has 5 nitrogen and oxygen atoms in total. The van der Waals surface area contributed by atoms with E-state index in [1.54, 1.807) is 6.20 Å². The molecule has 0 radical (unpaired) electrons. The van der Waals surface area contributed by atoms with Gasteiger partial charge in [0.25, 0.3) is 5.91 Å². The van der Waals surface area contributed by atoms with E-state index in [1.165, 1.54) is 19.3 Å². The van der Waals surface area contributed by atoms with Crippen LogP contribution in [-0.2, 0) is 4.79 Å². The molecule has 0 N–H and O–H groups in total. The van der Waals surface area contributed by atoms with E-state index in [0.717, 1.165) is 30.8 Å². The lowest BCUT2D eigenvalue weighted by Crippen LogP contribution is -2.48. The van der Waals surface area contributed by atoms with Gasteiger partial charge in [-0.3, -0.25) is 9.69 Å². The van der Waals surface area contributed by atoms with Crippen LogP contribution in [0.4, 0.5) is 5.82 Å². The molecule has 0 bridgehead atoms. The summed E-state index contributed by atoms with van der Waals surface area (Å²) < 4.78 is 6.17. The number of benzene rings is 2. The molecule has 1 aromatic heterocycles. The fraction of sp³-hybridized carbons (Fsp3) is 0.308. The lowest BCUT2D eigenvalue weighted by Gasteiger charge is -2.41. The number of halogens is 2. The Kier molecular flexibility index (Phi) is 8.73. The molecular formula is C26H29Cl2N3O2. The largest absolute Gasteiger partial charge is 0.472 e. The highest BCUT2D eigenvalue weighted by atomic mass is 35.5. The summed E-state index contributed by atoms with van der Waals surface area (Å²) >= 11 is 0. The average molecular weight is 486 g/mol. The highest BCUT2D eigenvalue weighted by Gasteiger charge is 2.41. The molecule has 7 heteroatoms. The Morgan fingerprint density at radius 1 is 0.879 bits per heavy atom. The maximum Gasteiger partial charge on any atom is 0.274 e. The second-order valence-electron chi connectivity index (χ2n) is 8.23. The number of carbonyl (C=O) groups is 1. The SMILES string of the molecule is Cl.Cl.O=C1C(c2ccccc2)Oc2cccnc2N1C(CN1CCCCC1)c1ccccc1. The fourth-order valence-corrected chi connectivity index (χ4v) is 4.60. The lowest BCUT2D eigenvalue weighted by molar-refractivity contribution is -0.127. The first-order chi connectivity index (χ1) is 15.3. The molecule has 2 aromatic carbocycles. The van der Waals surface area contributed by atoms with Gasteiger partial charge in [-0.2, -0.15) is 0 Å². The van der Waals surface area contributed by atoms with Crippen LogP contribution in [0.25, 0.3) is 0 Å². The van der Waals surface area contributed by atoms with Crippen molar-refractivity contribution in [3.05, 3.63) is 90.1 Å². The minimum atomic E-state index is -0.675. The molecule has 3 aromatic rings. The highest BCUT2D eigenvalue weighted by molar-refractivity contribution is 6.00. The molecule has 2 unspecified atom stereocenters. The number of piperidine rings is 1. The second-order valence-corrected chi connectivity index (χ2v) is 8.23. The summed E-state index contributed by atoms with van der Waals surface area (Å²) in [7, 11) is 0. The molecule has 1 saturated heterocycles. The molecule has 2 atom stereocenters. The molecule has 5 rings (SSSR count). The van der Waals surface area contributed by atoms with E-state index >= 15 is 0 Å². The number of nitrogens with zero attached hydrogens (tertiary/aromatic N) is 3. The smallest absolute Gasteiger partial charge is 0.274 e. The normalized spacial score (nSPS) is 18.8. The lowest BCUT2D eigenvalue weighted by atomic mass is 9.99. The van der Waals surface area contributed by atoms with Gasteiger partial charge in [-0.05, 0) is 43.6 Å². The van der Waals surface area contributed by atoms with Gasteiger partial charge in [0, 0.05) is 18.3 Å². The molecule has 0 spiro atoms. The number of hydrogen-bond acceptors (Lipinski definition) is 4. The molecule has 1 amide bonds. The van der Waals surface area contributed by atoms with Crippen molar-refractivity contribution >= 4 is 36.5 Å². The Morgan fingerprint density at radius 3 is 2.24 bits per heavy atom. The van der Waals surface area contributed by atoms with Crippen LogP contribution in [0.15, 0.2) is 79.0 Å². The Bertz CT molecular complexity index is 1030. The van der Waals surface area contributed by atoms with E-state index in [9.17, 15) is 4.79 Å². The number of aromatic nitrogens is 1. The topological polar surface area (TPSA) is 45.7 Å². The van der Waals surface area contributed by atoms with Crippen molar-refractivity contribution < 1.29 is 9.53 Å². The third kappa shape index (κ3) is 5.32. The molecule has 3 heterocycles. The maximum atomic E-state index is 13.9. The summed E-state index contributed by atoms with van der Waals surface area (Å²) in [5.41, 5.74) is 1.98. The van der Waals surface area contributed by atoms with Gasteiger partial charge in [0.05, 0.1) is 6.04 Å². The zero-order valence-corrected chi connectivity index (χ0v) is 20.0. The summed E-state index contributed by atoms with van der Waals surface area (Å²) in [5, 5.41) is 0. The minimum absolute atomic E-state index is 0. The first-order valence-electron chi connectivity index (χ1n) is 11.1. The number of amides is 1. The summed E-state index contributed by atoms with van der Waals surface area (Å²) in [6.07, 6.45) is 4.75. The van der Waals surface area contributed by atoms with Gasteiger partial charge in [-0.15, -0.1) is 24.8 Å². The van der Waals surface area contributed by atoms with Gasteiger partial charge >= 0.3 is 0 Å². The van der Waals surface area contributed by atoms with E-state index in [4.69, 9.17) is 4.74 Å². The zero-order valence-electron chi connectivity index (χ0n) is 18.4. The van der Waals surface area contributed by atoms with E-state index in [0.29, 0.717) is 11.6 Å². The molecular weight excluding hydrogens is 457 g/mol. The van der Waals surface area contributed by atoms with Crippen LogP contribution in [0.3, 0.4) is 0 Å². The third-order valence-corrected chi connectivity index (χ3v) is 6.16. The summed E-state index contributed by atoms with van der Waals surface area (Å²) in [6.45, 7) is 2.92. The van der Waals surface area contributed by atoms with Gasteiger partial charge in [-0.25, -0.2) is 4.98 Å². The molecule has 33 heavy (non-hydrogen) atoms. The van der Waals surface area contributed by atoms with Crippen molar-refractivity contribution in [2.75, 3.05) is 24.5 Å². The number of likely N-dealkylation sites (tertiary alicyclic amines) is 1. The predicted molar refractivity (Wildman–Crippen MR) is 136 cm³/mol. The molecule has 0 saturated carbocycles. The maximum absolute atomic E-state index is 13.9. The summed E-state index contributed by atoms with van der Waals surface area (Å²) in [6, 6.07) is 23.7. The van der Waals surface area contributed by atoms with E-state index in [2.05, 4.69) is 22.0 Å². The molecule has 174 valence electrons. The molecule has 0 aliphatic carbocycles. The molecule has 2 aliphatic rings. The van der Waals surface area contributed by atoms with Gasteiger partial charge in [-0.1, -0.05) is 67.1 Å². The Balaban J connectivity index is 0.00000153. The van der Waals surface area contributed by atoms with Gasteiger partial charge in [0.15, 0.2) is 11.6 Å². The van der Waals surface area contributed by atoms with Crippen LogP contribution in [0.1, 0.15) is 42.5 Å². The standard InChI is InChI=1S/C26H27N3O2.2ClH/c30-26-24(21-13-6-2-7-14-21)31-23-15-10-16-27-25(23)29(26)22(20-11-4-1-5-12-20)19-28-17-8-3-9-18-28;;/h1-2,4-7,10-16,22,24H,3,8-9,17-19H2;2*1H. The Morgan fingerprint density at radius 2 is 1.55 bits per heavy atom. The second kappa shape index (κ2) is 11.5. The Labute approximate surface area is 207 Å². The van der Waals surface area contributed by atoms with Crippen molar-refractivity contribution in [1.82, 2.24) is 9.88 Å². The van der Waals surface area contributed by atoms with E-state index < -0.39 is 6.10 Å². The van der Waals surface area contributed by atoms with E-state index in [1.807, 2.05) is 65.6 Å². The molecule has 2 aliphatic heterocycles. The quantitative estimate of drug-likeness (QED) is 0.470. The summed E-state index contributed by atoms with van der Waals surface area (Å²) in [4.78, 5) is 22.8. The van der Waals surface area contributed by atoms with Crippen LogP contribution in [0.5, 0.6) is 5.75 Å². The van der Waals surface area contributed by atoms with Crippen molar-refractivity contribution in [2.45, 2.75) is 31.4 Å². The highest BCUT2D eigenvalue weighted by Crippen LogP contribution is 2.41. The van der Waals surface area contributed by atoms with Crippen molar-refractivity contribution in [2.24, 2.45) is 0 Å². The summed E-state index contributed by atoms with van der Waals surface area (Å²) in [5.74, 6) is 1.18. The van der Waals surface area contributed by atoms with Crippen LogP contribution in [-0.4, -0.2) is 35.4 Å². The van der Waals surface area contributed by atoms with Crippen molar-refractivity contribution in [3.8, 4) is 5.75 Å². The first-order valence-corrected chi connectivity index (χ1v) is 11.1. The number of anilines is 1. The Hall–Kier alpha value is -2.60. The average Bonchev–Trinajstić information content (AvgIpc) is 2.84. The number of pyridine rings is 1. The zero-order chi connectivity index (χ0) is 21.0. The number of fused-ring (bicyclic) bond motifs is 1. The van der Waals surface area contributed by atoms with E-state index in [-0.39, 0.29) is 36.8 Å². The first kappa shape index (κ1) is 25.0. The van der Waals surface area contributed by atoms with Gasteiger partial charge in [0.1, 0.15) is 0 Å². The fourth-order valence-electron chi connectivity index (χ4n) is 4.60. The number of hydrogen-bond donors (Lipinski definition) is 0. The van der Waals surface area contributed by atoms with Crippen LogP contribution >= 0.6 is 24.8 Å². The van der Waals surface area contributed by atoms with Crippen molar-refractivity contribution in [1.29, 1.82) is 0 Å². The van der Waals surface area contributed by atoms with Crippen LogP contribution < -0.4 is 9.64 Å². The van der Waals surface area contributed by atoms with Crippen molar-refractivity contribution in [3.63, 3.8) is 0 Å². The minimum Gasteiger partial charge on any atom is -0.472 e. The number of carbonyl (C=O) groups excluding carboxylic acids is 1. The molecule has 1 fully saturated rings. The van der Waals surface area contributed by atoms with Gasteiger partial charge < -0.3 is 9.64 Å². The number of ether oxygens (including phenoxy) is 1. The predicted octanol–water partition coefficient (Wildman–Crippen LogP) is 5.62.